The number of Topliss-reactive ketones (excluding diaryl/α,β-unsaturated/α-hetero) is 1. The highest BCUT2D eigenvalue weighted by atomic mass is 35.5. The molecule has 133 heavy (non-hydrogen) atoms. The first-order valence-corrected chi connectivity index (χ1v) is 40.1. The molecule has 0 bridgehead atoms. The van der Waals surface area contributed by atoms with Gasteiger partial charge in [-0.2, -0.15) is 17.6 Å². The fourth-order valence-electron chi connectivity index (χ4n) is 12.0. The largest absolute Gasteiger partial charge is 0.478 e. The maximum Gasteiger partial charge on any atom is 0.412 e. The summed E-state index contributed by atoms with van der Waals surface area (Å²) in [6.45, 7) is 7.20. The number of ketones is 1. The van der Waals surface area contributed by atoms with E-state index in [2.05, 4.69) is 54.3 Å². The molecule has 13 aromatic rings. The Kier molecular flexibility index (Phi) is 40.7. The number of hydrogen-bond donors (Lipinski definition) is 6. The molecule has 1 amide bonds. The van der Waals surface area contributed by atoms with Crippen molar-refractivity contribution in [3.8, 4) is 0 Å². The van der Waals surface area contributed by atoms with E-state index < -0.39 is 100 Å². The van der Waals surface area contributed by atoms with Crippen molar-refractivity contribution < 1.29 is 95.0 Å². The van der Waals surface area contributed by atoms with E-state index in [1.165, 1.54) is 61.2 Å². The highest BCUT2D eigenvalue weighted by molar-refractivity contribution is 6.42. The number of benzene rings is 11. The van der Waals surface area contributed by atoms with Crippen LogP contribution in [0.15, 0.2) is 237 Å². The van der Waals surface area contributed by atoms with Crippen LogP contribution in [0.3, 0.4) is 0 Å². The number of nitrogens with one attached hydrogen (secondary N) is 2. The first kappa shape index (κ1) is 106. The summed E-state index contributed by atoms with van der Waals surface area (Å²) in [5.41, 5.74) is 23.2. The number of carboxylic acids is 1. The summed E-state index contributed by atoms with van der Waals surface area (Å²) >= 11 is 12.0. The molecule has 696 valence electrons. The van der Waals surface area contributed by atoms with Crippen LogP contribution in [0.2, 0.25) is 10.0 Å². The smallest absolute Gasteiger partial charge is 0.412 e. The molecule has 42 heteroatoms. The Balaban J connectivity index is 0.000000244. The maximum atomic E-state index is 13.0. The van der Waals surface area contributed by atoms with E-state index in [4.69, 9.17) is 55.0 Å². The molecule has 2 heterocycles. The van der Waals surface area contributed by atoms with E-state index in [9.17, 15) is 96.9 Å². The lowest BCUT2D eigenvalue weighted by atomic mass is 10.0. The number of rotatable bonds is 26. The van der Waals surface area contributed by atoms with Crippen molar-refractivity contribution in [2.24, 2.45) is 0 Å². The Morgan fingerprint density at radius 2 is 0.812 bits per heavy atom. The monoisotopic (exact) mass is 1890 g/mol. The summed E-state index contributed by atoms with van der Waals surface area (Å²) in [5.74, 6) is -5.98. The molecule has 35 nitrogen and oxygen atoms in total. The Labute approximate surface area is 771 Å². The van der Waals surface area contributed by atoms with E-state index >= 15 is 0 Å². The van der Waals surface area contributed by atoms with Crippen molar-refractivity contribution in [3.05, 3.63) is 371 Å². The van der Waals surface area contributed by atoms with Crippen molar-refractivity contribution in [2.45, 2.75) is 84.4 Å². The van der Waals surface area contributed by atoms with Crippen molar-refractivity contribution in [2.75, 3.05) is 55.7 Å². The van der Waals surface area contributed by atoms with Gasteiger partial charge in [0.05, 0.1) is 106 Å². The zero-order valence-corrected chi connectivity index (χ0v) is 74.0. The highest BCUT2D eigenvalue weighted by Gasteiger charge is 2.24. The van der Waals surface area contributed by atoms with Gasteiger partial charge in [0.25, 0.3) is 5.69 Å². The number of fused-ring (bicyclic) bond motifs is 2. The predicted octanol–water partition coefficient (Wildman–Crippen LogP) is 20.2. The second kappa shape index (κ2) is 51.2. The molecule has 0 fully saturated rings. The molecule has 0 atom stereocenters. The normalized spacial score (nSPS) is 10.3. The fraction of sp³-hybridized carbons (Fsp3) is 0.187. The molecule has 13 rings (SSSR count). The third kappa shape index (κ3) is 32.9. The van der Waals surface area contributed by atoms with E-state index in [0.29, 0.717) is 56.9 Å². The van der Waals surface area contributed by atoms with Gasteiger partial charge in [0.2, 0.25) is 35.2 Å². The average molecular weight is 1900 g/mol. The van der Waals surface area contributed by atoms with Crippen LogP contribution in [0, 0.1) is 73.8 Å². The van der Waals surface area contributed by atoms with Crippen LogP contribution in [0.25, 0.3) is 22.1 Å². The number of nitrogen functional groups attached to an aromatic ring is 3. The number of esters is 3. The maximum absolute atomic E-state index is 13.0. The number of anilines is 5. The van der Waals surface area contributed by atoms with E-state index in [1.807, 2.05) is 100 Å². The molecule has 0 spiro atoms. The van der Waals surface area contributed by atoms with Gasteiger partial charge in [-0.3, -0.25) is 60.7 Å². The number of hydrogen-bond acceptors (Lipinski definition) is 26. The number of aryl methyl sites for hydroxylation is 5. The van der Waals surface area contributed by atoms with Gasteiger partial charge in [0.15, 0.2) is 5.78 Å². The van der Waals surface area contributed by atoms with Crippen LogP contribution < -0.4 is 27.8 Å². The number of nitrogens with zero attached hydrogens (tertiary/aromatic N) is 9. The SMILES string of the molecule is CC(C)(C)OC(=O)Nc1ccc(F)c([N+](=O)[O-])c1.COC(=O)c1ccc(F)c([N+](=O)[O-])c1.COC(=O)c1ccc(NCCCc2ccccc2)c([N+](=O)[O-])c1.COC(=O)c1ccc2c(c1)nc(N)n2CCCc1ccccc1.Cl.Nc1ccc(F)c([N+](=O)[O-])c1.Nc1nc2cc(C(=O)Cc3ccc(Cl)c(Cl)c3)ccc2n1CCCc1ccccc1.O=C(O)c1ccc(F)c([N+](=O)[O-])c1. The summed E-state index contributed by atoms with van der Waals surface area (Å²) in [4.78, 5) is 125. The third-order valence-electron chi connectivity index (χ3n) is 18.4. The second-order valence-electron chi connectivity index (χ2n) is 28.8. The summed E-state index contributed by atoms with van der Waals surface area (Å²) in [7, 11) is 3.74. The van der Waals surface area contributed by atoms with Crippen LogP contribution in [0.1, 0.15) is 114 Å². The lowest BCUT2D eigenvalue weighted by Crippen LogP contribution is -2.27. The predicted molar refractivity (Wildman–Crippen MR) is 493 cm³/mol. The number of ether oxygens (including phenoxy) is 4. The molecular weight excluding hydrogens is 1810 g/mol. The van der Waals surface area contributed by atoms with Gasteiger partial charge in [-0.25, -0.2) is 33.9 Å². The Hall–Kier alpha value is -16.0. The van der Waals surface area contributed by atoms with Gasteiger partial charge >= 0.3 is 52.7 Å². The van der Waals surface area contributed by atoms with Crippen LogP contribution in [0.4, 0.5) is 79.8 Å². The molecule has 0 unspecified atom stereocenters. The van der Waals surface area contributed by atoms with Gasteiger partial charge in [0.1, 0.15) is 11.3 Å². The molecule has 0 radical (unpaired) electrons. The van der Waals surface area contributed by atoms with Gasteiger partial charge in [-0.15, -0.1) is 12.4 Å². The summed E-state index contributed by atoms with van der Waals surface area (Å²) < 4.78 is 73.6. The molecule has 11 aromatic carbocycles. The number of carboxylic acid groups (broad SMARTS) is 1. The number of carbonyl (C=O) groups is 6. The van der Waals surface area contributed by atoms with Crippen molar-refractivity contribution in [1.29, 1.82) is 0 Å². The molecule has 0 aliphatic heterocycles. The minimum absolute atomic E-state index is 0. The summed E-state index contributed by atoms with van der Waals surface area (Å²) in [6, 6.07) is 62.6. The number of halogens is 7. The number of amides is 1. The number of imidazole rings is 2. The van der Waals surface area contributed by atoms with Gasteiger partial charge in [0, 0.05) is 67.6 Å². The fourth-order valence-corrected chi connectivity index (χ4v) is 12.4. The summed E-state index contributed by atoms with van der Waals surface area (Å²) in [5, 5.41) is 66.9. The zero-order valence-electron chi connectivity index (χ0n) is 71.6. The number of aromatic carboxylic acids is 1. The first-order chi connectivity index (χ1) is 62.7. The first-order valence-electron chi connectivity index (χ1n) is 39.3. The topological polar surface area (TPSA) is 513 Å². The molecule has 0 aliphatic carbocycles. The summed E-state index contributed by atoms with van der Waals surface area (Å²) in [6.07, 6.45) is 5.11. The number of carbonyl (C=O) groups excluding carboxylic acids is 5. The number of nitro groups is 5. The highest BCUT2D eigenvalue weighted by Crippen LogP contribution is 2.31. The zero-order chi connectivity index (χ0) is 97.1. The molecule has 9 N–H and O–H groups in total. The van der Waals surface area contributed by atoms with Gasteiger partial charge in [-0.05, 0) is 191 Å². The second-order valence-corrected chi connectivity index (χ2v) is 29.6. The van der Waals surface area contributed by atoms with Crippen molar-refractivity contribution in [3.63, 3.8) is 0 Å². The minimum Gasteiger partial charge on any atom is -0.478 e. The van der Waals surface area contributed by atoms with Crippen molar-refractivity contribution >= 4 is 151 Å². The van der Waals surface area contributed by atoms with E-state index in [-0.39, 0.29) is 64.3 Å². The Morgan fingerprint density at radius 3 is 1.24 bits per heavy atom. The van der Waals surface area contributed by atoms with Crippen molar-refractivity contribution in [1.82, 2.24) is 19.1 Å². The molecule has 0 saturated heterocycles. The van der Waals surface area contributed by atoms with E-state index in [0.717, 1.165) is 135 Å². The minimum atomic E-state index is -1.33. The Morgan fingerprint density at radius 1 is 0.436 bits per heavy atom. The third-order valence-corrected chi connectivity index (χ3v) is 19.1. The molecule has 2 aromatic heterocycles. The quantitative estimate of drug-likeness (QED) is 0.00428. The van der Waals surface area contributed by atoms with Crippen LogP contribution in [0.5, 0.6) is 0 Å². The lowest BCUT2D eigenvalue weighted by molar-refractivity contribution is -0.387. The van der Waals surface area contributed by atoms with Gasteiger partial charge in [-0.1, -0.05) is 120 Å². The molecular formula is C91H87Cl3F4N14O21. The van der Waals surface area contributed by atoms with Crippen LogP contribution >= 0.6 is 35.6 Å². The molecule has 0 saturated carbocycles. The molecule has 0 aliphatic rings. The number of aromatic nitrogens is 4. The van der Waals surface area contributed by atoms with Crippen LogP contribution in [-0.4, -0.2) is 118 Å². The number of methoxy groups -OCH3 is 3. The van der Waals surface area contributed by atoms with Gasteiger partial charge < -0.3 is 55.7 Å². The number of nitro benzene ring substituents is 5. The standard InChI is InChI=1S/C24H21Cl2N3O.C18H19N3O2.C17H18N2O4.C11H13FN2O4.C8H6FNO4.C7H4FNO4.C6H5FN2O2.ClH/c25-19-10-8-17(13-20(19)26)14-23(30)18-9-11-22-21(15-18)28-24(27)29(22)12-4-7-16-5-2-1-3-6-16;1-23-17(22)14-9-10-16-15(12-14)20-18(19)21(16)11-5-8-13-6-3-2-4-7-13;1-23-17(20)14-9-10-15(16(12-14)19(21)22)18-11-5-8-13-6-3-2-4-7-13;1-11(2,3)18-10(15)13-7-4-5-8(12)9(6-7)14(16)17;1-14-8(11)5-2-3-6(9)7(4-5)10(12)13;8-5-2-1-4(7(10)11)3-6(5)9(12)13;7-5-2-1-4(8)3-6(5)9(10)11;/h1-3,5-6,8-11,13,15H,4,7,12,14H2,(H2,27,28);2-4,6-7,9-10,12H,5,8,11H2,1H3,(H2,19,20);2-4,6-7,9-10,12,18H,5,8,11H2,1H3;4-6H,1-3H3,(H,13,15);2-4H,1H3;1-3H,(H,10,11);1-3H,8H2;1H. The lowest BCUT2D eigenvalue weighted by Gasteiger charge is -2.19. The Bertz CT molecular complexity index is 6320. The number of nitrogens with two attached hydrogens (primary N) is 3. The van der Waals surface area contributed by atoms with E-state index in [1.54, 1.807) is 51.1 Å². The average Bonchev–Trinajstić information content (AvgIpc) is 1.65. The van der Waals surface area contributed by atoms with Crippen LogP contribution in [-0.2, 0) is 57.7 Å².